The fraction of sp³-hybridized carbons (Fsp3) is 0.368. The fourth-order valence-electron chi connectivity index (χ4n) is 4.20. The molecule has 2 aliphatic rings. The zero-order chi connectivity index (χ0) is 16.8. The van der Waals surface area contributed by atoms with Crippen molar-refractivity contribution in [2.45, 2.75) is 31.6 Å². The monoisotopic (exact) mass is 397 g/mol. The van der Waals surface area contributed by atoms with Gasteiger partial charge >= 0.3 is 0 Å². The Morgan fingerprint density at radius 1 is 1.00 bits per heavy atom. The third-order valence-electron chi connectivity index (χ3n) is 5.40. The fourth-order valence-corrected chi connectivity index (χ4v) is 4.43. The molecule has 6 heteroatoms. The summed E-state index contributed by atoms with van der Waals surface area (Å²) in [5.41, 5.74) is 3.35. The highest BCUT2D eigenvalue weighted by atomic mass is 79.9. The number of halogens is 1. The van der Waals surface area contributed by atoms with Crippen LogP contribution in [0.4, 0.5) is 0 Å². The molecule has 2 bridgehead atoms. The first-order valence-corrected chi connectivity index (χ1v) is 9.55. The van der Waals surface area contributed by atoms with Crippen LogP contribution in [-0.4, -0.2) is 49.3 Å². The van der Waals surface area contributed by atoms with Gasteiger partial charge in [-0.2, -0.15) is 0 Å². The Labute approximate surface area is 155 Å². The number of hydrogen-bond donors (Lipinski definition) is 0. The van der Waals surface area contributed by atoms with E-state index >= 15 is 0 Å². The lowest BCUT2D eigenvalue weighted by atomic mass is 10.2. The number of nitrogens with zero attached hydrogens (tertiary/aromatic N) is 5. The Morgan fingerprint density at radius 2 is 1.80 bits per heavy atom. The summed E-state index contributed by atoms with van der Waals surface area (Å²) >= 11 is 3.45. The van der Waals surface area contributed by atoms with Crippen molar-refractivity contribution >= 4 is 21.6 Å². The molecule has 5 heterocycles. The average Bonchev–Trinajstić information content (AvgIpc) is 3.30. The SMILES string of the molecule is Brc1ccc(CN2CC3CC2CN3Cc2cn3ccccc3n2)nc1. The van der Waals surface area contributed by atoms with Gasteiger partial charge in [-0.3, -0.25) is 14.8 Å². The molecular formula is C19H20BrN5. The van der Waals surface area contributed by atoms with Crippen molar-refractivity contribution in [1.29, 1.82) is 0 Å². The minimum absolute atomic E-state index is 0.644. The summed E-state index contributed by atoms with van der Waals surface area (Å²) in [5, 5.41) is 0. The summed E-state index contributed by atoms with van der Waals surface area (Å²) in [5.74, 6) is 0. The summed E-state index contributed by atoms with van der Waals surface area (Å²) in [6.07, 6.45) is 7.38. The minimum atomic E-state index is 0.644. The highest BCUT2D eigenvalue weighted by Crippen LogP contribution is 2.32. The van der Waals surface area contributed by atoms with Gasteiger partial charge in [-0.25, -0.2) is 4.98 Å². The van der Waals surface area contributed by atoms with Gasteiger partial charge in [0.15, 0.2) is 0 Å². The molecule has 3 aromatic rings. The second-order valence-electron chi connectivity index (χ2n) is 7.07. The summed E-state index contributed by atoms with van der Waals surface area (Å²) in [4.78, 5) is 14.4. The highest BCUT2D eigenvalue weighted by molar-refractivity contribution is 9.10. The second kappa shape index (κ2) is 6.20. The number of piperazine rings is 1. The van der Waals surface area contributed by atoms with Gasteiger partial charge < -0.3 is 4.40 Å². The quantitative estimate of drug-likeness (QED) is 0.677. The number of rotatable bonds is 4. The molecule has 0 N–H and O–H groups in total. The standard InChI is InChI=1S/C19H20BrN5/c20-14-4-5-15(21-8-14)9-24-12-18-7-17(24)13-25(18)11-16-10-23-6-2-1-3-19(23)22-16/h1-6,8,10,17-18H,7,9,11-13H2. The van der Waals surface area contributed by atoms with Gasteiger partial charge in [0.1, 0.15) is 5.65 Å². The Balaban J connectivity index is 1.24. The average molecular weight is 398 g/mol. The molecule has 2 unspecified atom stereocenters. The van der Waals surface area contributed by atoms with Crippen molar-refractivity contribution in [2.24, 2.45) is 0 Å². The summed E-state index contributed by atoms with van der Waals surface area (Å²) in [6.45, 7) is 4.18. The van der Waals surface area contributed by atoms with Crippen molar-refractivity contribution in [1.82, 2.24) is 24.2 Å². The van der Waals surface area contributed by atoms with Gasteiger partial charge in [0, 0.05) is 61.3 Å². The van der Waals surface area contributed by atoms with Crippen LogP contribution >= 0.6 is 15.9 Å². The van der Waals surface area contributed by atoms with Crippen LogP contribution in [0, 0.1) is 0 Å². The second-order valence-corrected chi connectivity index (χ2v) is 7.98. The van der Waals surface area contributed by atoms with Gasteiger partial charge in [-0.1, -0.05) is 6.07 Å². The van der Waals surface area contributed by atoms with Crippen LogP contribution in [-0.2, 0) is 13.1 Å². The summed E-state index contributed by atoms with van der Waals surface area (Å²) in [7, 11) is 0. The van der Waals surface area contributed by atoms with Crippen LogP contribution in [0.3, 0.4) is 0 Å². The highest BCUT2D eigenvalue weighted by Gasteiger charge is 2.43. The molecular weight excluding hydrogens is 378 g/mol. The lowest BCUT2D eigenvalue weighted by molar-refractivity contribution is 0.116. The van der Waals surface area contributed by atoms with E-state index in [1.807, 2.05) is 18.3 Å². The molecule has 0 aromatic carbocycles. The number of aromatic nitrogens is 3. The lowest BCUT2D eigenvalue weighted by Crippen LogP contribution is -2.45. The van der Waals surface area contributed by atoms with Crippen LogP contribution in [0.15, 0.2) is 53.4 Å². The largest absolute Gasteiger partial charge is 0.307 e. The maximum absolute atomic E-state index is 4.75. The van der Waals surface area contributed by atoms with Gasteiger partial charge in [0.05, 0.1) is 11.4 Å². The molecule has 0 amide bonds. The molecule has 25 heavy (non-hydrogen) atoms. The van der Waals surface area contributed by atoms with Gasteiger partial charge in [0.25, 0.3) is 0 Å². The predicted molar refractivity (Wildman–Crippen MR) is 100 cm³/mol. The zero-order valence-electron chi connectivity index (χ0n) is 13.9. The molecule has 2 fully saturated rings. The third-order valence-corrected chi connectivity index (χ3v) is 5.87. The van der Waals surface area contributed by atoms with Crippen molar-refractivity contribution < 1.29 is 0 Å². The predicted octanol–water partition coefficient (Wildman–Crippen LogP) is 2.95. The van der Waals surface area contributed by atoms with Crippen LogP contribution in [0.2, 0.25) is 0 Å². The minimum Gasteiger partial charge on any atom is -0.307 e. The number of imidazole rings is 1. The Bertz CT molecular complexity index is 857. The first kappa shape index (κ1) is 15.5. The lowest BCUT2D eigenvalue weighted by Gasteiger charge is -2.33. The van der Waals surface area contributed by atoms with Crippen molar-refractivity contribution in [3.05, 3.63) is 64.8 Å². The zero-order valence-corrected chi connectivity index (χ0v) is 15.5. The third kappa shape index (κ3) is 2.99. The Hall–Kier alpha value is -1.76. The number of pyridine rings is 2. The normalized spacial score (nSPS) is 23.7. The van der Waals surface area contributed by atoms with Crippen LogP contribution < -0.4 is 0 Å². The van der Waals surface area contributed by atoms with Crippen molar-refractivity contribution in [3.8, 4) is 0 Å². The summed E-state index contributed by atoms with van der Waals surface area (Å²) in [6, 6.07) is 11.6. The summed E-state index contributed by atoms with van der Waals surface area (Å²) < 4.78 is 3.15. The topological polar surface area (TPSA) is 36.7 Å². The van der Waals surface area contributed by atoms with Crippen LogP contribution in [0.1, 0.15) is 17.8 Å². The van der Waals surface area contributed by atoms with E-state index in [1.54, 1.807) is 0 Å². The molecule has 128 valence electrons. The molecule has 2 aliphatic heterocycles. The van der Waals surface area contributed by atoms with Crippen molar-refractivity contribution in [3.63, 3.8) is 0 Å². The van der Waals surface area contributed by atoms with E-state index in [0.717, 1.165) is 42.0 Å². The van der Waals surface area contributed by atoms with E-state index < -0.39 is 0 Å². The van der Waals surface area contributed by atoms with Gasteiger partial charge in [-0.15, -0.1) is 0 Å². The molecule has 2 atom stereocenters. The molecule has 0 spiro atoms. The molecule has 5 rings (SSSR count). The number of likely N-dealkylation sites (tertiary alicyclic amines) is 2. The van der Waals surface area contributed by atoms with E-state index in [0.29, 0.717) is 12.1 Å². The van der Waals surface area contributed by atoms with E-state index in [2.05, 4.69) is 65.7 Å². The molecule has 0 aliphatic carbocycles. The Morgan fingerprint density at radius 3 is 2.48 bits per heavy atom. The Kier molecular flexibility index (Phi) is 3.84. The molecule has 5 nitrogen and oxygen atoms in total. The van der Waals surface area contributed by atoms with Crippen LogP contribution in [0.5, 0.6) is 0 Å². The molecule has 0 radical (unpaired) electrons. The molecule has 2 saturated heterocycles. The smallest absolute Gasteiger partial charge is 0.137 e. The first-order chi connectivity index (χ1) is 12.2. The van der Waals surface area contributed by atoms with E-state index in [4.69, 9.17) is 4.98 Å². The maximum atomic E-state index is 4.75. The van der Waals surface area contributed by atoms with E-state index in [-0.39, 0.29) is 0 Å². The van der Waals surface area contributed by atoms with Crippen molar-refractivity contribution in [2.75, 3.05) is 13.1 Å². The van der Waals surface area contributed by atoms with Gasteiger partial charge in [-0.05, 0) is 46.6 Å². The maximum Gasteiger partial charge on any atom is 0.137 e. The molecule has 0 saturated carbocycles. The van der Waals surface area contributed by atoms with Gasteiger partial charge in [0.2, 0.25) is 0 Å². The first-order valence-electron chi connectivity index (χ1n) is 8.76. The number of fused-ring (bicyclic) bond motifs is 3. The van der Waals surface area contributed by atoms with E-state index in [1.165, 1.54) is 12.1 Å². The molecule has 3 aromatic heterocycles. The van der Waals surface area contributed by atoms with Crippen LogP contribution in [0.25, 0.3) is 5.65 Å². The number of hydrogen-bond acceptors (Lipinski definition) is 4. The van der Waals surface area contributed by atoms with E-state index in [9.17, 15) is 0 Å².